The number of hydrogen-bond donors (Lipinski definition) is 4. The minimum absolute atomic E-state index is 0.220. The first kappa shape index (κ1) is 27.6. The van der Waals surface area contributed by atoms with E-state index < -0.39 is 17.9 Å². The van der Waals surface area contributed by atoms with E-state index >= 15 is 0 Å². The Labute approximate surface area is 237 Å². The molecule has 5 rings (SSSR count). The molecular formula is C31H33N3O5S. The number of phenolic OH excluding ortho intramolecular Hbond substituents is 1. The summed E-state index contributed by atoms with van der Waals surface area (Å²) in [5, 5.41) is 22.9. The molecule has 0 bridgehead atoms. The van der Waals surface area contributed by atoms with Crippen molar-refractivity contribution in [3.8, 4) is 21.9 Å². The summed E-state index contributed by atoms with van der Waals surface area (Å²) in [5.41, 5.74) is 10.5. The molecule has 1 unspecified atom stereocenters. The monoisotopic (exact) mass is 559 g/mol. The van der Waals surface area contributed by atoms with Gasteiger partial charge >= 0.3 is 5.97 Å². The summed E-state index contributed by atoms with van der Waals surface area (Å²) in [5.74, 6) is -0.557. The largest absolute Gasteiger partial charge is 0.508 e. The minimum atomic E-state index is -1.25. The Morgan fingerprint density at radius 3 is 2.52 bits per heavy atom. The first-order valence-electron chi connectivity index (χ1n) is 13.3. The molecule has 1 aliphatic heterocycles. The lowest BCUT2D eigenvalue weighted by Crippen LogP contribution is -2.34. The van der Waals surface area contributed by atoms with Crippen LogP contribution in [-0.4, -0.2) is 53.2 Å². The highest BCUT2D eigenvalue weighted by molar-refractivity contribution is 7.22. The number of aromatic hydroxyl groups is 1. The number of carboxylic acid groups (broad SMARTS) is 1. The second kappa shape index (κ2) is 12.1. The first-order valence-corrected chi connectivity index (χ1v) is 14.1. The van der Waals surface area contributed by atoms with Crippen molar-refractivity contribution in [1.82, 2.24) is 4.90 Å². The van der Waals surface area contributed by atoms with Gasteiger partial charge in [0.25, 0.3) is 0 Å². The summed E-state index contributed by atoms with van der Waals surface area (Å²) in [6.45, 7) is 3.14. The van der Waals surface area contributed by atoms with E-state index in [1.165, 1.54) is 18.4 Å². The molecule has 1 aromatic heterocycles. The summed E-state index contributed by atoms with van der Waals surface area (Å²) in [4.78, 5) is 26.6. The number of thiophene rings is 1. The molecule has 3 aromatic carbocycles. The van der Waals surface area contributed by atoms with E-state index in [2.05, 4.69) is 28.4 Å². The Hall–Kier alpha value is -3.92. The van der Waals surface area contributed by atoms with Crippen LogP contribution in [0.15, 0.2) is 60.7 Å². The van der Waals surface area contributed by atoms with Gasteiger partial charge in [0.2, 0.25) is 5.91 Å². The van der Waals surface area contributed by atoms with Gasteiger partial charge in [0.15, 0.2) is 0 Å². The number of aliphatic carboxylic acids is 1. The maximum atomic E-state index is 12.2. The average Bonchev–Trinajstić information content (AvgIpc) is 3.57. The molecule has 1 amide bonds. The number of fused-ring (bicyclic) bond motifs is 1. The second-order valence-electron chi connectivity index (χ2n) is 10.2. The lowest BCUT2D eigenvalue weighted by molar-refractivity contribution is -0.140. The van der Waals surface area contributed by atoms with E-state index in [1.54, 1.807) is 42.7 Å². The van der Waals surface area contributed by atoms with E-state index in [0.717, 1.165) is 57.0 Å². The van der Waals surface area contributed by atoms with Gasteiger partial charge in [0.05, 0.1) is 13.5 Å². The molecule has 8 nitrogen and oxygen atoms in total. The molecule has 0 spiro atoms. The fourth-order valence-corrected chi connectivity index (χ4v) is 6.43. The number of likely N-dealkylation sites (tertiary alicyclic amines) is 1. The number of carbonyl (C=O) groups is 2. The number of nitrogens with zero attached hydrogens (tertiary/aromatic N) is 1. The van der Waals surface area contributed by atoms with Gasteiger partial charge in [-0.05, 0) is 90.8 Å². The molecule has 1 aliphatic rings. The molecule has 1 fully saturated rings. The second-order valence-corrected chi connectivity index (χ2v) is 11.2. The quantitative estimate of drug-likeness (QED) is 0.210. The van der Waals surface area contributed by atoms with Gasteiger partial charge in [-0.1, -0.05) is 24.3 Å². The number of nitrogens with one attached hydrogen (secondary N) is 1. The standard InChI is InChI=1S/C31H33N3O5S/c1-39-27-15-19(4-5-21(27)18-34-12-2-3-13-34)14-25-24-11-10-23(35)16-28(24)40-30(25)20-6-8-22(9-7-20)33-29(36)17-26(32)31(37)38/h4-11,15-16,26,35H,2-3,12-14,17-18,32H2,1H3,(H,33,36)(H,37,38). The molecule has 0 aliphatic carbocycles. The van der Waals surface area contributed by atoms with Crippen LogP contribution in [0.25, 0.3) is 20.5 Å². The molecule has 40 heavy (non-hydrogen) atoms. The predicted octanol–water partition coefficient (Wildman–Crippen LogP) is 5.21. The Morgan fingerprint density at radius 2 is 1.82 bits per heavy atom. The molecule has 5 N–H and O–H groups in total. The van der Waals surface area contributed by atoms with Crippen LogP contribution in [0.2, 0.25) is 0 Å². The third kappa shape index (κ3) is 6.28. The highest BCUT2D eigenvalue weighted by Crippen LogP contribution is 2.41. The van der Waals surface area contributed by atoms with Crippen molar-refractivity contribution < 1.29 is 24.5 Å². The summed E-state index contributed by atoms with van der Waals surface area (Å²) in [6.07, 6.45) is 2.87. The summed E-state index contributed by atoms with van der Waals surface area (Å²) in [6, 6.07) is 18.1. The van der Waals surface area contributed by atoms with Crippen LogP contribution in [0.1, 0.15) is 36.0 Å². The Balaban J connectivity index is 1.42. The molecular weight excluding hydrogens is 526 g/mol. The number of rotatable bonds is 10. The highest BCUT2D eigenvalue weighted by atomic mass is 32.1. The zero-order chi connectivity index (χ0) is 28.2. The number of methoxy groups -OCH3 is 1. The van der Waals surface area contributed by atoms with Gasteiger partial charge in [-0.25, -0.2) is 0 Å². The SMILES string of the molecule is COc1cc(Cc2c(-c3ccc(NC(=O)CC(N)C(=O)O)cc3)sc3cc(O)ccc23)ccc1CN1CCCC1. The van der Waals surface area contributed by atoms with Crippen LogP contribution >= 0.6 is 11.3 Å². The van der Waals surface area contributed by atoms with Crippen LogP contribution in [0.3, 0.4) is 0 Å². The van der Waals surface area contributed by atoms with Crippen molar-refractivity contribution in [3.05, 3.63) is 77.4 Å². The van der Waals surface area contributed by atoms with Gasteiger partial charge in [-0.15, -0.1) is 11.3 Å². The zero-order valence-corrected chi connectivity index (χ0v) is 23.2. The van der Waals surface area contributed by atoms with Crippen molar-refractivity contribution >= 4 is 39.0 Å². The van der Waals surface area contributed by atoms with Gasteiger partial charge in [-0.2, -0.15) is 0 Å². The maximum absolute atomic E-state index is 12.2. The number of carbonyl (C=O) groups excluding carboxylic acids is 1. The molecule has 1 saturated heterocycles. The van der Waals surface area contributed by atoms with Crippen molar-refractivity contribution in [2.45, 2.75) is 38.3 Å². The van der Waals surface area contributed by atoms with E-state index in [9.17, 15) is 14.7 Å². The van der Waals surface area contributed by atoms with E-state index in [0.29, 0.717) is 12.1 Å². The third-order valence-corrected chi connectivity index (χ3v) is 8.50. The smallest absolute Gasteiger partial charge is 0.321 e. The molecule has 4 aromatic rings. The molecule has 208 valence electrons. The van der Waals surface area contributed by atoms with Crippen LogP contribution in [0.5, 0.6) is 11.5 Å². The molecule has 0 radical (unpaired) electrons. The van der Waals surface area contributed by atoms with Gasteiger partial charge in [0, 0.05) is 27.4 Å². The molecule has 9 heteroatoms. The van der Waals surface area contributed by atoms with Crippen LogP contribution in [0, 0.1) is 0 Å². The Kier molecular flexibility index (Phi) is 8.35. The van der Waals surface area contributed by atoms with Crippen molar-refractivity contribution in [2.24, 2.45) is 5.73 Å². The number of carboxylic acids is 1. The van der Waals surface area contributed by atoms with Crippen molar-refractivity contribution in [2.75, 3.05) is 25.5 Å². The number of benzene rings is 3. The third-order valence-electron chi connectivity index (χ3n) is 7.25. The topological polar surface area (TPSA) is 125 Å². The van der Waals surface area contributed by atoms with Crippen LogP contribution < -0.4 is 15.8 Å². The lowest BCUT2D eigenvalue weighted by Gasteiger charge is -2.18. The molecule has 1 atom stereocenters. The van der Waals surface area contributed by atoms with Gasteiger partial charge in [-0.3, -0.25) is 14.5 Å². The normalized spacial score (nSPS) is 14.3. The predicted molar refractivity (Wildman–Crippen MR) is 158 cm³/mol. The summed E-state index contributed by atoms with van der Waals surface area (Å²) >= 11 is 1.61. The van der Waals surface area contributed by atoms with Gasteiger partial charge in [0.1, 0.15) is 17.5 Å². The lowest BCUT2D eigenvalue weighted by atomic mass is 9.97. The number of hydrogen-bond acceptors (Lipinski definition) is 7. The fraction of sp³-hybridized carbons (Fsp3) is 0.290. The van der Waals surface area contributed by atoms with E-state index in [1.807, 2.05) is 18.2 Å². The van der Waals surface area contributed by atoms with Gasteiger partial charge < -0.3 is 26.0 Å². The minimum Gasteiger partial charge on any atom is -0.508 e. The number of phenols is 1. The maximum Gasteiger partial charge on any atom is 0.321 e. The van der Waals surface area contributed by atoms with Crippen LogP contribution in [0.4, 0.5) is 5.69 Å². The number of amides is 1. The Bertz CT molecular complexity index is 1530. The van der Waals surface area contributed by atoms with Crippen molar-refractivity contribution in [3.63, 3.8) is 0 Å². The van der Waals surface area contributed by atoms with E-state index in [4.69, 9.17) is 15.6 Å². The molecule has 0 saturated carbocycles. The highest BCUT2D eigenvalue weighted by Gasteiger charge is 2.19. The summed E-state index contributed by atoms with van der Waals surface area (Å²) < 4.78 is 6.77. The van der Waals surface area contributed by atoms with Crippen molar-refractivity contribution in [1.29, 1.82) is 0 Å². The summed E-state index contributed by atoms with van der Waals surface area (Å²) in [7, 11) is 1.72. The Morgan fingerprint density at radius 1 is 1.07 bits per heavy atom. The first-order chi connectivity index (χ1) is 19.3. The number of anilines is 1. The molecule has 2 heterocycles. The number of ether oxygens (including phenoxy) is 1. The number of nitrogens with two attached hydrogens (primary N) is 1. The van der Waals surface area contributed by atoms with E-state index in [-0.39, 0.29) is 12.2 Å². The average molecular weight is 560 g/mol. The van der Waals surface area contributed by atoms with Crippen LogP contribution in [-0.2, 0) is 22.6 Å². The fourth-order valence-electron chi connectivity index (χ4n) is 5.17. The zero-order valence-electron chi connectivity index (χ0n) is 22.4.